The van der Waals surface area contributed by atoms with Crippen molar-refractivity contribution in [3.05, 3.63) is 34.0 Å². The predicted molar refractivity (Wildman–Crippen MR) is 103 cm³/mol. The fraction of sp³-hybridized carbons (Fsp3) is 0.421. The number of carbonyl (C=O) groups is 2. The van der Waals surface area contributed by atoms with Crippen LogP contribution < -0.4 is 10.2 Å². The molecular weight excluding hydrogens is 371 g/mol. The van der Waals surface area contributed by atoms with Gasteiger partial charge in [0.15, 0.2) is 0 Å². The van der Waals surface area contributed by atoms with Crippen LogP contribution in [0.3, 0.4) is 0 Å². The Labute approximate surface area is 160 Å². The molecule has 2 fully saturated rings. The molecule has 1 atom stereocenters. The van der Waals surface area contributed by atoms with Gasteiger partial charge >= 0.3 is 0 Å². The first-order chi connectivity index (χ1) is 12.4. The first-order valence-electron chi connectivity index (χ1n) is 8.87. The average molecular weight is 388 g/mol. The number of fused-ring (bicyclic) bond motifs is 1. The molecule has 1 N–H and O–H groups in total. The topological polar surface area (TPSA) is 49.4 Å². The van der Waals surface area contributed by atoms with E-state index in [1.165, 1.54) is 6.07 Å². The SMILES string of the molecule is CC1CC2(CCCC2)N2C(=O)C(=C3SC(=S)NC3=O)c3cc(F)cc1c32. The second-order valence-electron chi connectivity index (χ2n) is 7.62. The number of halogens is 1. The highest BCUT2D eigenvalue weighted by Crippen LogP contribution is 2.57. The van der Waals surface area contributed by atoms with Crippen LogP contribution in [0.5, 0.6) is 0 Å². The van der Waals surface area contributed by atoms with E-state index in [-0.39, 0.29) is 29.1 Å². The van der Waals surface area contributed by atoms with E-state index in [2.05, 4.69) is 12.2 Å². The standard InChI is InChI=1S/C19H17FN2O2S2/c1-9-8-19(4-2-3-5-19)22-14-11(9)6-10(20)7-12(14)13(17(22)24)15-16(23)21-18(25)26-15/h6-7,9H,2-5,8H2,1H3,(H,21,23,25). The average Bonchev–Trinajstić information content (AvgIpc) is 3.23. The summed E-state index contributed by atoms with van der Waals surface area (Å²) < 4.78 is 14.7. The number of amides is 2. The van der Waals surface area contributed by atoms with E-state index in [1.807, 2.05) is 4.90 Å². The van der Waals surface area contributed by atoms with Crippen molar-refractivity contribution in [2.45, 2.75) is 50.5 Å². The largest absolute Gasteiger partial charge is 0.307 e. The number of hydrogen-bond acceptors (Lipinski definition) is 4. The van der Waals surface area contributed by atoms with E-state index >= 15 is 0 Å². The van der Waals surface area contributed by atoms with Crippen molar-refractivity contribution in [3.8, 4) is 0 Å². The van der Waals surface area contributed by atoms with Crippen LogP contribution in [0, 0.1) is 5.82 Å². The molecule has 0 aromatic heterocycles. The zero-order chi connectivity index (χ0) is 18.2. The van der Waals surface area contributed by atoms with Crippen LogP contribution in [0.25, 0.3) is 5.57 Å². The van der Waals surface area contributed by atoms with Crippen molar-refractivity contribution in [1.29, 1.82) is 0 Å². The molecule has 5 rings (SSSR count). The fourth-order valence-electron chi connectivity index (χ4n) is 5.15. The molecule has 1 saturated carbocycles. The van der Waals surface area contributed by atoms with Crippen molar-refractivity contribution in [1.82, 2.24) is 5.32 Å². The molecule has 4 aliphatic rings. The number of benzene rings is 1. The lowest BCUT2D eigenvalue weighted by Gasteiger charge is -2.46. The number of thiocarbonyl (C=S) groups is 1. The lowest BCUT2D eigenvalue weighted by Crippen LogP contribution is -2.52. The Kier molecular flexibility index (Phi) is 3.41. The number of rotatable bonds is 0. The Morgan fingerprint density at radius 1 is 1.31 bits per heavy atom. The predicted octanol–water partition coefficient (Wildman–Crippen LogP) is 3.85. The number of nitrogens with one attached hydrogen (secondary N) is 1. The molecule has 1 aromatic rings. The third kappa shape index (κ3) is 2.04. The van der Waals surface area contributed by atoms with Crippen LogP contribution in [0.4, 0.5) is 10.1 Å². The van der Waals surface area contributed by atoms with Crippen molar-refractivity contribution < 1.29 is 14.0 Å². The van der Waals surface area contributed by atoms with Crippen molar-refractivity contribution in [3.63, 3.8) is 0 Å². The van der Waals surface area contributed by atoms with Crippen LogP contribution in [-0.4, -0.2) is 21.7 Å². The summed E-state index contributed by atoms with van der Waals surface area (Å²) >= 11 is 6.18. The Bertz CT molecular complexity index is 934. The highest BCUT2D eigenvalue weighted by Gasteiger charge is 2.54. The maximum absolute atomic E-state index is 14.4. The third-order valence-electron chi connectivity index (χ3n) is 6.08. The molecule has 0 bridgehead atoms. The number of hydrogen-bond donors (Lipinski definition) is 1. The minimum absolute atomic E-state index is 0.178. The molecule has 3 heterocycles. The minimum Gasteiger partial charge on any atom is -0.307 e. The van der Waals surface area contributed by atoms with Crippen molar-refractivity contribution in [2.24, 2.45) is 0 Å². The molecule has 4 nitrogen and oxygen atoms in total. The van der Waals surface area contributed by atoms with Gasteiger partial charge in [-0.05, 0) is 42.9 Å². The summed E-state index contributed by atoms with van der Waals surface area (Å²) in [7, 11) is 0. The van der Waals surface area contributed by atoms with Crippen LogP contribution >= 0.6 is 24.0 Å². The highest BCUT2D eigenvalue weighted by atomic mass is 32.2. The molecule has 2 amide bonds. The number of nitrogens with zero attached hydrogens (tertiary/aromatic N) is 1. The molecule has 1 aliphatic carbocycles. The maximum atomic E-state index is 14.4. The summed E-state index contributed by atoms with van der Waals surface area (Å²) in [6, 6.07) is 2.95. The molecule has 26 heavy (non-hydrogen) atoms. The molecule has 1 unspecified atom stereocenters. The molecule has 0 radical (unpaired) electrons. The Hall–Kier alpha value is -1.73. The number of anilines is 1. The van der Waals surface area contributed by atoms with E-state index in [1.54, 1.807) is 6.07 Å². The Balaban J connectivity index is 1.81. The molecular formula is C19H17FN2O2S2. The van der Waals surface area contributed by atoms with Gasteiger partial charge in [0.25, 0.3) is 11.8 Å². The van der Waals surface area contributed by atoms with Crippen LogP contribution in [0.15, 0.2) is 17.0 Å². The van der Waals surface area contributed by atoms with Gasteiger partial charge in [-0.25, -0.2) is 4.39 Å². The van der Waals surface area contributed by atoms with Crippen molar-refractivity contribution >= 4 is 51.4 Å². The summed E-state index contributed by atoms with van der Waals surface area (Å²) in [5.41, 5.74) is 2.32. The van der Waals surface area contributed by atoms with Gasteiger partial charge in [-0.2, -0.15) is 0 Å². The summed E-state index contributed by atoms with van der Waals surface area (Å²) in [6.07, 6.45) is 4.94. The van der Waals surface area contributed by atoms with Gasteiger partial charge in [-0.3, -0.25) is 9.59 Å². The molecule has 1 aromatic carbocycles. The van der Waals surface area contributed by atoms with Gasteiger partial charge in [0, 0.05) is 11.1 Å². The van der Waals surface area contributed by atoms with E-state index in [0.29, 0.717) is 20.4 Å². The lowest BCUT2D eigenvalue weighted by molar-refractivity contribution is -0.116. The fourth-order valence-corrected chi connectivity index (χ4v) is 6.26. The third-order valence-corrected chi connectivity index (χ3v) is 7.32. The second-order valence-corrected chi connectivity index (χ2v) is 9.30. The molecule has 3 aliphatic heterocycles. The molecule has 7 heteroatoms. The van der Waals surface area contributed by atoms with Gasteiger partial charge < -0.3 is 10.2 Å². The smallest absolute Gasteiger partial charge is 0.264 e. The summed E-state index contributed by atoms with van der Waals surface area (Å²) in [6.45, 7) is 2.11. The monoisotopic (exact) mass is 388 g/mol. The summed E-state index contributed by atoms with van der Waals surface area (Å²) in [5, 5.41) is 2.58. The van der Waals surface area contributed by atoms with Crippen molar-refractivity contribution in [2.75, 3.05) is 4.90 Å². The normalized spacial score (nSPS) is 28.9. The zero-order valence-electron chi connectivity index (χ0n) is 14.2. The van der Waals surface area contributed by atoms with E-state index < -0.39 is 0 Å². The van der Waals surface area contributed by atoms with Gasteiger partial charge in [-0.1, -0.05) is 43.7 Å². The summed E-state index contributed by atoms with van der Waals surface area (Å²) in [5.74, 6) is -0.735. The first kappa shape index (κ1) is 16.4. The lowest BCUT2D eigenvalue weighted by atomic mass is 9.77. The second kappa shape index (κ2) is 5.39. The van der Waals surface area contributed by atoms with Gasteiger partial charge in [0.2, 0.25) is 0 Å². The summed E-state index contributed by atoms with van der Waals surface area (Å²) in [4.78, 5) is 28.0. The van der Waals surface area contributed by atoms with E-state index in [9.17, 15) is 14.0 Å². The number of carbonyl (C=O) groups excluding carboxylic acids is 2. The molecule has 1 spiro atoms. The van der Waals surface area contributed by atoms with Crippen LogP contribution in [0.1, 0.15) is 56.1 Å². The van der Waals surface area contributed by atoms with Crippen LogP contribution in [0.2, 0.25) is 0 Å². The van der Waals surface area contributed by atoms with E-state index in [0.717, 1.165) is 55.1 Å². The maximum Gasteiger partial charge on any atom is 0.264 e. The van der Waals surface area contributed by atoms with Gasteiger partial charge in [-0.15, -0.1) is 0 Å². The highest BCUT2D eigenvalue weighted by molar-refractivity contribution is 8.27. The van der Waals surface area contributed by atoms with E-state index in [4.69, 9.17) is 12.2 Å². The Morgan fingerprint density at radius 2 is 2.04 bits per heavy atom. The minimum atomic E-state index is -0.369. The Morgan fingerprint density at radius 3 is 2.69 bits per heavy atom. The quantitative estimate of drug-likeness (QED) is 0.542. The zero-order valence-corrected chi connectivity index (χ0v) is 15.9. The molecule has 134 valence electrons. The van der Waals surface area contributed by atoms with Gasteiger partial charge in [0.05, 0.1) is 16.2 Å². The van der Waals surface area contributed by atoms with Gasteiger partial charge in [0.1, 0.15) is 10.1 Å². The number of thioether (sulfide) groups is 1. The van der Waals surface area contributed by atoms with Crippen LogP contribution in [-0.2, 0) is 9.59 Å². The first-order valence-corrected chi connectivity index (χ1v) is 10.1. The molecule has 1 saturated heterocycles.